The van der Waals surface area contributed by atoms with Gasteiger partial charge in [0.15, 0.2) is 0 Å². The van der Waals surface area contributed by atoms with Crippen LogP contribution in [-0.4, -0.2) is 19.3 Å². The minimum absolute atomic E-state index is 0.0629. The molecule has 1 fully saturated rings. The third-order valence-corrected chi connectivity index (χ3v) is 2.85. The van der Waals surface area contributed by atoms with Crippen LogP contribution in [0.25, 0.3) is 0 Å². The predicted octanol–water partition coefficient (Wildman–Crippen LogP) is 2.53. The second-order valence-corrected chi connectivity index (χ2v) is 4.19. The van der Waals surface area contributed by atoms with Crippen LogP contribution in [0.2, 0.25) is 5.02 Å². The fourth-order valence-corrected chi connectivity index (χ4v) is 1.75. The number of benzene rings is 1. The summed E-state index contributed by atoms with van der Waals surface area (Å²) >= 11 is 5.62. The third-order valence-electron chi connectivity index (χ3n) is 2.55. The number of ether oxygens (including phenoxy) is 1. The summed E-state index contributed by atoms with van der Waals surface area (Å²) in [6.45, 7) is 3.36. The lowest BCUT2D eigenvalue weighted by Crippen LogP contribution is -2.39. The SMILES string of the molecule is CC1CNC(c2ccc(Cl)c(F)c2)CO1. The number of rotatable bonds is 1. The first-order chi connectivity index (χ1) is 7.16. The predicted molar refractivity (Wildman–Crippen MR) is 57.6 cm³/mol. The molecule has 15 heavy (non-hydrogen) atoms. The summed E-state index contributed by atoms with van der Waals surface area (Å²) in [4.78, 5) is 0. The van der Waals surface area contributed by atoms with Crippen LogP contribution < -0.4 is 5.32 Å². The molecule has 4 heteroatoms. The number of halogens is 2. The maximum absolute atomic E-state index is 13.2. The van der Waals surface area contributed by atoms with E-state index in [9.17, 15) is 4.39 Å². The standard InChI is InChI=1S/C11H13ClFNO/c1-7-5-14-11(6-15-7)8-2-3-9(12)10(13)4-8/h2-4,7,11,14H,5-6H2,1H3. The van der Waals surface area contributed by atoms with E-state index in [0.717, 1.165) is 12.1 Å². The van der Waals surface area contributed by atoms with Gasteiger partial charge in [0.25, 0.3) is 0 Å². The van der Waals surface area contributed by atoms with Gasteiger partial charge < -0.3 is 10.1 Å². The molecule has 0 amide bonds. The van der Waals surface area contributed by atoms with Crippen molar-refractivity contribution < 1.29 is 9.13 Å². The first-order valence-corrected chi connectivity index (χ1v) is 5.34. The van der Waals surface area contributed by atoms with Crippen molar-refractivity contribution >= 4 is 11.6 Å². The average Bonchev–Trinajstić information content (AvgIpc) is 2.23. The zero-order valence-electron chi connectivity index (χ0n) is 8.47. The van der Waals surface area contributed by atoms with Gasteiger partial charge in [-0.1, -0.05) is 17.7 Å². The van der Waals surface area contributed by atoms with Gasteiger partial charge in [-0.05, 0) is 24.6 Å². The maximum atomic E-state index is 13.2. The monoisotopic (exact) mass is 229 g/mol. The van der Waals surface area contributed by atoms with Crippen molar-refractivity contribution in [3.05, 3.63) is 34.6 Å². The second-order valence-electron chi connectivity index (χ2n) is 3.78. The van der Waals surface area contributed by atoms with Crippen LogP contribution >= 0.6 is 11.6 Å². The Morgan fingerprint density at radius 2 is 2.33 bits per heavy atom. The zero-order chi connectivity index (χ0) is 10.8. The molecule has 0 radical (unpaired) electrons. The Kier molecular flexibility index (Phi) is 3.24. The van der Waals surface area contributed by atoms with Gasteiger partial charge in [-0.25, -0.2) is 4.39 Å². The summed E-state index contributed by atoms with van der Waals surface area (Å²) in [6, 6.07) is 4.92. The lowest BCUT2D eigenvalue weighted by molar-refractivity contribution is 0.0149. The fraction of sp³-hybridized carbons (Fsp3) is 0.455. The Morgan fingerprint density at radius 3 is 2.93 bits per heavy atom. The molecule has 1 heterocycles. The molecule has 0 aliphatic carbocycles. The van der Waals surface area contributed by atoms with Gasteiger partial charge in [0.1, 0.15) is 5.82 Å². The number of hydrogen-bond donors (Lipinski definition) is 1. The fourth-order valence-electron chi connectivity index (χ4n) is 1.63. The average molecular weight is 230 g/mol. The Morgan fingerprint density at radius 1 is 1.53 bits per heavy atom. The summed E-state index contributed by atoms with van der Waals surface area (Å²) in [5.74, 6) is -0.380. The summed E-state index contributed by atoms with van der Waals surface area (Å²) < 4.78 is 18.7. The van der Waals surface area contributed by atoms with E-state index in [-0.39, 0.29) is 23.0 Å². The molecule has 0 bridgehead atoms. The molecule has 1 aliphatic rings. The summed E-state index contributed by atoms with van der Waals surface area (Å²) in [6.07, 6.45) is 0.221. The molecule has 1 N–H and O–H groups in total. The topological polar surface area (TPSA) is 21.3 Å². The highest BCUT2D eigenvalue weighted by atomic mass is 35.5. The van der Waals surface area contributed by atoms with Crippen LogP contribution in [0.5, 0.6) is 0 Å². The molecule has 1 aromatic rings. The Hall–Kier alpha value is -0.640. The smallest absolute Gasteiger partial charge is 0.142 e. The van der Waals surface area contributed by atoms with Gasteiger partial charge >= 0.3 is 0 Å². The largest absolute Gasteiger partial charge is 0.375 e. The zero-order valence-corrected chi connectivity index (χ0v) is 9.22. The number of morpholine rings is 1. The van der Waals surface area contributed by atoms with E-state index in [4.69, 9.17) is 16.3 Å². The summed E-state index contributed by atoms with van der Waals surface area (Å²) in [7, 11) is 0. The summed E-state index contributed by atoms with van der Waals surface area (Å²) in [5.41, 5.74) is 0.879. The number of hydrogen-bond acceptors (Lipinski definition) is 2. The first-order valence-electron chi connectivity index (χ1n) is 4.97. The second kappa shape index (κ2) is 4.47. The molecule has 1 aromatic carbocycles. The van der Waals surface area contributed by atoms with E-state index >= 15 is 0 Å². The van der Waals surface area contributed by atoms with Crippen molar-refractivity contribution in [2.75, 3.05) is 13.2 Å². The van der Waals surface area contributed by atoms with E-state index in [1.54, 1.807) is 6.07 Å². The molecule has 0 spiro atoms. The highest BCUT2D eigenvalue weighted by Crippen LogP contribution is 2.22. The van der Waals surface area contributed by atoms with Crippen molar-refractivity contribution in [2.45, 2.75) is 19.1 Å². The van der Waals surface area contributed by atoms with E-state index in [1.807, 2.05) is 13.0 Å². The van der Waals surface area contributed by atoms with Gasteiger partial charge in [-0.15, -0.1) is 0 Å². The molecule has 2 atom stereocenters. The molecular weight excluding hydrogens is 217 g/mol. The van der Waals surface area contributed by atoms with Crippen molar-refractivity contribution in [3.8, 4) is 0 Å². The molecule has 1 aliphatic heterocycles. The van der Waals surface area contributed by atoms with Crippen molar-refractivity contribution in [3.63, 3.8) is 0 Å². The lowest BCUT2D eigenvalue weighted by atomic mass is 10.1. The van der Waals surface area contributed by atoms with E-state index in [2.05, 4.69) is 5.32 Å². The Balaban J connectivity index is 2.12. The van der Waals surface area contributed by atoms with E-state index < -0.39 is 0 Å². The molecular formula is C11H13ClFNO. The Labute approximate surface area is 93.4 Å². The minimum atomic E-state index is -0.380. The normalized spacial score (nSPS) is 26.6. The van der Waals surface area contributed by atoms with Crippen LogP contribution in [0.4, 0.5) is 4.39 Å². The number of nitrogens with one attached hydrogen (secondary N) is 1. The Bertz CT molecular complexity index is 350. The molecule has 2 rings (SSSR count). The summed E-state index contributed by atoms with van der Waals surface area (Å²) in [5, 5.41) is 3.45. The quantitative estimate of drug-likeness (QED) is 0.799. The minimum Gasteiger partial charge on any atom is -0.375 e. The van der Waals surface area contributed by atoms with Crippen LogP contribution in [0.1, 0.15) is 18.5 Å². The van der Waals surface area contributed by atoms with Crippen LogP contribution in [0.15, 0.2) is 18.2 Å². The van der Waals surface area contributed by atoms with E-state index in [0.29, 0.717) is 6.61 Å². The first kappa shape index (κ1) is 10.9. The van der Waals surface area contributed by atoms with Gasteiger partial charge in [0.05, 0.1) is 23.8 Å². The molecule has 2 nitrogen and oxygen atoms in total. The lowest BCUT2D eigenvalue weighted by Gasteiger charge is -2.28. The van der Waals surface area contributed by atoms with Crippen molar-refractivity contribution in [1.82, 2.24) is 5.32 Å². The van der Waals surface area contributed by atoms with Crippen LogP contribution in [0.3, 0.4) is 0 Å². The molecule has 1 saturated heterocycles. The van der Waals surface area contributed by atoms with Crippen molar-refractivity contribution in [2.24, 2.45) is 0 Å². The van der Waals surface area contributed by atoms with E-state index in [1.165, 1.54) is 6.07 Å². The third kappa shape index (κ3) is 2.48. The van der Waals surface area contributed by atoms with Crippen LogP contribution in [-0.2, 0) is 4.74 Å². The molecule has 0 saturated carbocycles. The molecule has 0 aromatic heterocycles. The van der Waals surface area contributed by atoms with Crippen molar-refractivity contribution in [1.29, 1.82) is 0 Å². The maximum Gasteiger partial charge on any atom is 0.142 e. The highest BCUT2D eigenvalue weighted by Gasteiger charge is 2.19. The van der Waals surface area contributed by atoms with Crippen LogP contribution in [0, 0.1) is 5.82 Å². The van der Waals surface area contributed by atoms with Gasteiger partial charge in [0, 0.05) is 6.54 Å². The van der Waals surface area contributed by atoms with Gasteiger partial charge in [-0.3, -0.25) is 0 Å². The van der Waals surface area contributed by atoms with Gasteiger partial charge in [0.2, 0.25) is 0 Å². The molecule has 82 valence electrons. The molecule has 2 unspecified atom stereocenters. The van der Waals surface area contributed by atoms with Gasteiger partial charge in [-0.2, -0.15) is 0 Å². The highest BCUT2D eigenvalue weighted by molar-refractivity contribution is 6.30.